The summed E-state index contributed by atoms with van der Waals surface area (Å²) in [5.74, 6) is 0. The second-order valence-electron chi connectivity index (χ2n) is 4.49. The average molecular weight is 330 g/mol. The maximum atomic E-state index is 13.0. The van der Waals surface area contributed by atoms with Gasteiger partial charge in [0.15, 0.2) is 0 Å². The van der Waals surface area contributed by atoms with Gasteiger partial charge in [-0.3, -0.25) is 0 Å². The van der Waals surface area contributed by atoms with Gasteiger partial charge in [-0.05, 0) is 37.3 Å². The van der Waals surface area contributed by atoms with Gasteiger partial charge in [0.05, 0.1) is 5.56 Å². The van der Waals surface area contributed by atoms with Crippen molar-refractivity contribution in [2.75, 3.05) is 5.32 Å². The Hall–Kier alpha value is -1.60. The van der Waals surface area contributed by atoms with Crippen LogP contribution in [0.3, 0.4) is 0 Å². The zero-order valence-electron chi connectivity index (χ0n) is 11.1. The van der Waals surface area contributed by atoms with Gasteiger partial charge in [-0.15, -0.1) is 11.3 Å². The number of aryl methyl sites for hydroxylation is 1. The summed E-state index contributed by atoms with van der Waals surface area (Å²) in [6.07, 6.45) is -4.49. The SMILES string of the molecule is Cc1ccc(CNc2ccc(C(N)=S)c(C(F)(F)F)c2)s1. The van der Waals surface area contributed by atoms with E-state index in [1.807, 2.05) is 19.1 Å². The Morgan fingerprint density at radius 1 is 1.29 bits per heavy atom. The molecule has 0 amide bonds. The maximum Gasteiger partial charge on any atom is 0.417 e. The van der Waals surface area contributed by atoms with Crippen LogP contribution in [0, 0.1) is 6.92 Å². The van der Waals surface area contributed by atoms with Crippen LogP contribution in [0.1, 0.15) is 20.9 Å². The summed E-state index contributed by atoms with van der Waals surface area (Å²) >= 11 is 6.26. The van der Waals surface area contributed by atoms with Gasteiger partial charge in [-0.1, -0.05) is 12.2 Å². The quantitative estimate of drug-likeness (QED) is 0.820. The predicted octanol–water partition coefficient (Wildman–Crippen LogP) is 4.32. The van der Waals surface area contributed by atoms with Crippen LogP contribution in [-0.4, -0.2) is 4.99 Å². The molecule has 0 radical (unpaired) electrons. The van der Waals surface area contributed by atoms with Crippen molar-refractivity contribution >= 4 is 34.2 Å². The van der Waals surface area contributed by atoms with Crippen molar-refractivity contribution in [3.63, 3.8) is 0 Å². The van der Waals surface area contributed by atoms with Crippen molar-refractivity contribution in [1.82, 2.24) is 0 Å². The molecule has 112 valence electrons. The number of thiophene rings is 1. The van der Waals surface area contributed by atoms with E-state index in [-0.39, 0.29) is 10.6 Å². The molecule has 1 heterocycles. The summed E-state index contributed by atoms with van der Waals surface area (Å²) in [6.45, 7) is 2.45. The molecule has 3 N–H and O–H groups in total. The number of halogens is 3. The highest BCUT2D eigenvalue weighted by Gasteiger charge is 2.34. The van der Waals surface area contributed by atoms with Crippen LogP contribution >= 0.6 is 23.6 Å². The van der Waals surface area contributed by atoms with Gasteiger partial charge in [-0.2, -0.15) is 13.2 Å². The summed E-state index contributed by atoms with van der Waals surface area (Å²) in [6, 6.07) is 7.80. The molecule has 0 fully saturated rings. The summed E-state index contributed by atoms with van der Waals surface area (Å²) in [5, 5.41) is 2.98. The molecule has 7 heteroatoms. The third-order valence-corrected chi connectivity index (χ3v) is 4.07. The third-order valence-electron chi connectivity index (χ3n) is 2.85. The highest BCUT2D eigenvalue weighted by atomic mass is 32.1. The van der Waals surface area contributed by atoms with Crippen LogP contribution in [0.15, 0.2) is 30.3 Å². The van der Waals surface area contributed by atoms with E-state index in [0.29, 0.717) is 12.2 Å². The molecule has 0 aliphatic rings. The first-order chi connectivity index (χ1) is 9.77. The van der Waals surface area contributed by atoms with E-state index in [1.54, 1.807) is 17.4 Å². The Morgan fingerprint density at radius 2 is 2.00 bits per heavy atom. The van der Waals surface area contributed by atoms with Gasteiger partial charge in [0.1, 0.15) is 4.99 Å². The number of hydrogen-bond donors (Lipinski definition) is 2. The number of benzene rings is 1. The van der Waals surface area contributed by atoms with E-state index in [2.05, 4.69) is 17.5 Å². The molecule has 0 aliphatic heterocycles. The van der Waals surface area contributed by atoms with Crippen LogP contribution in [-0.2, 0) is 12.7 Å². The van der Waals surface area contributed by atoms with Gasteiger partial charge >= 0.3 is 6.18 Å². The molecule has 1 aromatic heterocycles. The number of alkyl halides is 3. The monoisotopic (exact) mass is 330 g/mol. The number of thiocarbonyl (C=S) groups is 1. The van der Waals surface area contributed by atoms with Crippen molar-refractivity contribution in [3.05, 3.63) is 51.2 Å². The summed E-state index contributed by atoms with van der Waals surface area (Å²) in [7, 11) is 0. The number of anilines is 1. The smallest absolute Gasteiger partial charge is 0.389 e. The summed E-state index contributed by atoms with van der Waals surface area (Å²) < 4.78 is 39.0. The molecule has 2 nitrogen and oxygen atoms in total. The van der Waals surface area contributed by atoms with Crippen molar-refractivity contribution in [2.45, 2.75) is 19.6 Å². The first-order valence-electron chi connectivity index (χ1n) is 6.07. The minimum absolute atomic E-state index is 0.157. The van der Waals surface area contributed by atoms with Gasteiger partial charge in [0.25, 0.3) is 0 Å². The molecule has 0 saturated heterocycles. The maximum absolute atomic E-state index is 13.0. The molecule has 0 bridgehead atoms. The van der Waals surface area contributed by atoms with Crippen LogP contribution < -0.4 is 11.1 Å². The van der Waals surface area contributed by atoms with E-state index >= 15 is 0 Å². The van der Waals surface area contributed by atoms with Crippen molar-refractivity contribution in [1.29, 1.82) is 0 Å². The van der Waals surface area contributed by atoms with Crippen molar-refractivity contribution < 1.29 is 13.2 Å². The van der Waals surface area contributed by atoms with Gasteiger partial charge in [0.2, 0.25) is 0 Å². The molecule has 0 atom stereocenters. The number of nitrogens with two attached hydrogens (primary N) is 1. The first kappa shape index (κ1) is 15.8. The zero-order chi connectivity index (χ0) is 15.6. The van der Waals surface area contributed by atoms with E-state index in [0.717, 1.165) is 15.8 Å². The van der Waals surface area contributed by atoms with Crippen LogP contribution in [0.5, 0.6) is 0 Å². The molecule has 0 saturated carbocycles. The third kappa shape index (κ3) is 3.95. The standard InChI is InChI=1S/C14H13F3N2S2/c1-8-2-4-10(21-8)7-19-9-3-5-11(13(18)20)12(6-9)14(15,16)17/h2-6,19H,7H2,1H3,(H2,18,20). The minimum Gasteiger partial charge on any atom is -0.389 e. The fourth-order valence-corrected chi connectivity index (χ4v) is 2.88. The summed E-state index contributed by atoms with van der Waals surface area (Å²) in [4.78, 5) is 1.95. The molecule has 0 aliphatic carbocycles. The Kier molecular flexibility index (Phi) is 4.53. The lowest BCUT2D eigenvalue weighted by Crippen LogP contribution is -2.18. The lowest BCUT2D eigenvalue weighted by atomic mass is 10.1. The van der Waals surface area contributed by atoms with E-state index in [9.17, 15) is 13.2 Å². The van der Waals surface area contributed by atoms with E-state index < -0.39 is 11.7 Å². The Bertz CT molecular complexity index is 662. The lowest BCUT2D eigenvalue weighted by Gasteiger charge is -2.14. The molecular weight excluding hydrogens is 317 g/mol. The Balaban J connectivity index is 2.23. The van der Waals surface area contributed by atoms with Crippen LogP contribution in [0.4, 0.5) is 18.9 Å². The second-order valence-corrected chi connectivity index (χ2v) is 6.30. The highest BCUT2D eigenvalue weighted by molar-refractivity contribution is 7.80. The first-order valence-corrected chi connectivity index (χ1v) is 7.30. The van der Waals surface area contributed by atoms with Gasteiger partial charge < -0.3 is 11.1 Å². The molecule has 1 aromatic carbocycles. The van der Waals surface area contributed by atoms with E-state index in [4.69, 9.17) is 5.73 Å². The van der Waals surface area contributed by atoms with Gasteiger partial charge in [-0.25, -0.2) is 0 Å². The fraction of sp³-hybridized carbons (Fsp3) is 0.214. The number of hydrogen-bond acceptors (Lipinski definition) is 3. The number of nitrogens with one attached hydrogen (secondary N) is 1. The Morgan fingerprint density at radius 3 is 2.52 bits per heavy atom. The minimum atomic E-state index is -4.49. The van der Waals surface area contributed by atoms with Gasteiger partial charge in [0, 0.05) is 27.5 Å². The average Bonchev–Trinajstić information content (AvgIpc) is 2.81. The van der Waals surface area contributed by atoms with Crippen molar-refractivity contribution in [3.8, 4) is 0 Å². The predicted molar refractivity (Wildman–Crippen MR) is 83.7 cm³/mol. The Labute approximate surface area is 129 Å². The fourth-order valence-electron chi connectivity index (χ4n) is 1.87. The lowest BCUT2D eigenvalue weighted by molar-refractivity contribution is -0.137. The molecule has 0 spiro atoms. The zero-order valence-corrected chi connectivity index (χ0v) is 12.8. The molecule has 0 unspecified atom stereocenters. The molecular formula is C14H13F3N2S2. The normalized spacial score (nSPS) is 11.4. The van der Waals surface area contributed by atoms with Crippen LogP contribution in [0.25, 0.3) is 0 Å². The largest absolute Gasteiger partial charge is 0.417 e. The second kappa shape index (κ2) is 6.03. The summed E-state index contributed by atoms with van der Waals surface area (Å²) in [5.41, 5.74) is 4.75. The molecule has 2 aromatic rings. The van der Waals surface area contributed by atoms with Crippen molar-refractivity contribution in [2.24, 2.45) is 5.73 Å². The van der Waals surface area contributed by atoms with Crippen LogP contribution in [0.2, 0.25) is 0 Å². The topological polar surface area (TPSA) is 38.0 Å². The molecule has 2 rings (SSSR count). The highest BCUT2D eigenvalue weighted by Crippen LogP contribution is 2.34. The molecule has 21 heavy (non-hydrogen) atoms. The number of rotatable bonds is 4. The van der Waals surface area contributed by atoms with E-state index in [1.165, 1.54) is 6.07 Å².